The van der Waals surface area contributed by atoms with E-state index in [0.29, 0.717) is 18.1 Å². The summed E-state index contributed by atoms with van der Waals surface area (Å²) >= 11 is 7.59. The number of amides is 1. The molecule has 23 heavy (non-hydrogen) atoms. The van der Waals surface area contributed by atoms with Crippen LogP contribution in [-0.2, 0) is 11.3 Å². The molecule has 0 spiro atoms. The topological polar surface area (TPSA) is 61.6 Å². The van der Waals surface area contributed by atoms with Gasteiger partial charge in [0.2, 0.25) is 5.91 Å². The van der Waals surface area contributed by atoms with Crippen LogP contribution in [0.1, 0.15) is 10.6 Å². The number of aromatic nitrogens is 1. The number of aryl methyl sites for hydroxylation is 1. The van der Waals surface area contributed by atoms with Crippen LogP contribution in [0.5, 0.6) is 0 Å². The molecule has 0 aliphatic carbocycles. The molecule has 1 N–H and O–H groups in total. The number of nitrogens with one attached hydrogen (secondary N) is 1. The zero-order chi connectivity index (χ0) is 16.2. The van der Waals surface area contributed by atoms with Gasteiger partial charge in [0.15, 0.2) is 5.82 Å². The van der Waals surface area contributed by atoms with E-state index < -0.39 is 0 Å². The summed E-state index contributed by atoms with van der Waals surface area (Å²) in [5.74, 6) is 1.10. The maximum absolute atomic E-state index is 12.0. The zero-order valence-electron chi connectivity index (χ0n) is 12.9. The first-order valence-corrected chi connectivity index (χ1v) is 8.70. The second kappa shape index (κ2) is 7.44. The van der Waals surface area contributed by atoms with Gasteiger partial charge in [0.05, 0.1) is 10.9 Å². The van der Waals surface area contributed by atoms with E-state index in [-0.39, 0.29) is 5.91 Å². The summed E-state index contributed by atoms with van der Waals surface area (Å²) < 4.78 is 5.77. The fourth-order valence-electron chi connectivity index (χ4n) is 2.57. The monoisotopic (exact) mass is 354 g/mol. The number of hydrogen-bond acceptors (Lipinski definition) is 6. The standard InChI is InChI=1S/C15H19ClN4O2S/c1-11-8-14(18-22-11)17-15(21)10-20-6-4-19(5-7-20)9-12-2-3-13(16)23-12/h2-3,8H,4-7,9-10H2,1H3,(H,17,18,21). The number of anilines is 1. The minimum Gasteiger partial charge on any atom is -0.360 e. The van der Waals surface area contributed by atoms with E-state index in [1.165, 1.54) is 4.88 Å². The minimum absolute atomic E-state index is 0.0585. The van der Waals surface area contributed by atoms with Crippen LogP contribution in [0.3, 0.4) is 0 Å². The first-order valence-electron chi connectivity index (χ1n) is 7.50. The van der Waals surface area contributed by atoms with Crippen molar-refractivity contribution in [2.45, 2.75) is 13.5 Å². The van der Waals surface area contributed by atoms with E-state index in [2.05, 4.69) is 26.3 Å². The van der Waals surface area contributed by atoms with Gasteiger partial charge in [0.25, 0.3) is 0 Å². The Labute approximate surface area is 144 Å². The quantitative estimate of drug-likeness (QED) is 0.893. The van der Waals surface area contributed by atoms with Gasteiger partial charge in [-0.2, -0.15) is 0 Å². The number of piperazine rings is 1. The van der Waals surface area contributed by atoms with Gasteiger partial charge < -0.3 is 9.84 Å². The van der Waals surface area contributed by atoms with E-state index in [0.717, 1.165) is 37.1 Å². The van der Waals surface area contributed by atoms with Crippen LogP contribution in [0.4, 0.5) is 5.82 Å². The Kier molecular flexibility index (Phi) is 5.32. The fraction of sp³-hybridized carbons (Fsp3) is 0.467. The van der Waals surface area contributed by atoms with Crippen molar-refractivity contribution in [1.82, 2.24) is 15.0 Å². The lowest BCUT2D eigenvalue weighted by Gasteiger charge is -2.33. The maximum Gasteiger partial charge on any atom is 0.239 e. The van der Waals surface area contributed by atoms with Crippen molar-refractivity contribution in [2.75, 3.05) is 38.0 Å². The van der Waals surface area contributed by atoms with Gasteiger partial charge in [-0.3, -0.25) is 14.6 Å². The van der Waals surface area contributed by atoms with Crippen molar-refractivity contribution in [3.63, 3.8) is 0 Å². The summed E-state index contributed by atoms with van der Waals surface area (Å²) in [5.41, 5.74) is 0. The van der Waals surface area contributed by atoms with Gasteiger partial charge in [0, 0.05) is 43.7 Å². The second-order valence-electron chi connectivity index (χ2n) is 5.63. The summed E-state index contributed by atoms with van der Waals surface area (Å²) in [6, 6.07) is 5.72. The van der Waals surface area contributed by atoms with Gasteiger partial charge in [-0.15, -0.1) is 11.3 Å². The average Bonchev–Trinajstić information content (AvgIpc) is 3.10. The lowest BCUT2D eigenvalue weighted by Crippen LogP contribution is -2.48. The number of carbonyl (C=O) groups excluding carboxylic acids is 1. The van der Waals surface area contributed by atoms with Crippen molar-refractivity contribution in [1.29, 1.82) is 0 Å². The predicted octanol–water partition coefficient (Wildman–Crippen LogP) is 2.45. The summed E-state index contributed by atoms with van der Waals surface area (Å²) in [6.45, 7) is 6.76. The maximum atomic E-state index is 12.0. The van der Waals surface area contributed by atoms with E-state index in [1.807, 2.05) is 6.07 Å². The molecule has 6 nitrogen and oxygen atoms in total. The third-order valence-electron chi connectivity index (χ3n) is 3.74. The van der Waals surface area contributed by atoms with Crippen LogP contribution in [0.25, 0.3) is 0 Å². The Bertz CT molecular complexity index is 664. The fourth-order valence-corrected chi connectivity index (χ4v) is 3.70. The molecule has 1 aliphatic heterocycles. The Morgan fingerprint density at radius 1 is 1.35 bits per heavy atom. The molecule has 124 valence electrons. The zero-order valence-corrected chi connectivity index (χ0v) is 14.5. The summed E-state index contributed by atoms with van der Waals surface area (Å²) in [7, 11) is 0. The van der Waals surface area contributed by atoms with Crippen molar-refractivity contribution < 1.29 is 9.32 Å². The van der Waals surface area contributed by atoms with E-state index in [9.17, 15) is 4.79 Å². The second-order valence-corrected chi connectivity index (χ2v) is 7.43. The van der Waals surface area contributed by atoms with Crippen molar-refractivity contribution in [3.05, 3.63) is 33.2 Å². The Morgan fingerprint density at radius 3 is 2.70 bits per heavy atom. The van der Waals surface area contributed by atoms with Gasteiger partial charge >= 0.3 is 0 Å². The van der Waals surface area contributed by atoms with Crippen molar-refractivity contribution >= 4 is 34.7 Å². The average molecular weight is 355 g/mol. The first kappa shape index (κ1) is 16.4. The summed E-state index contributed by atoms with van der Waals surface area (Å²) in [6.07, 6.45) is 0. The number of nitrogens with zero attached hydrogens (tertiary/aromatic N) is 3. The molecule has 0 aromatic carbocycles. The molecule has 8 heteroatoms. The Hall–Kier alpha value is -1.41. The van der Waals surface area contributed by atoms with Gasteiger partial charge in [-0.05, 0) is 19.1 Å². The predicted molar refractivity (Wildman–Crippen MR) is 90.9 cm³/mol. The number of halogens is 1. The third-order valence-corrected chi connectivity index (χ3v) is 4.95. The van der Waals surface area contributed by atoms with E-state index >= 15 is 0 Å². The molecule has 0 bridgehead atoms. The largest absolute Gasteiger partial charge is 0.360 e. The van der Waals surface area contributed by atoms with Gasteiger partial charge in [-0.1, -0.05) is 16.8 Å². The molecule has 1 amide bonds. The molecule has 2 aromatic rings. The van der Waals surface area contributed by atoms with E-state index in [1.54, 1.807) is 24.3 Å². The molecule has 0 atom stereocenters. The molecular weight excluding hydrogens is 336 g/mol. The normalized spacial score (nSPS) is 16.6. The number of carbonyl (C=O) groups is 1. The molecule has 3 heterocycles. The number of hydrogen-bond donors (Lipinski definition) is 1. The first-order chi connectivity index (χ1) is 11.1. The molecular formula is C15H19ClN4O2S. The van der Waals surface area contributed by atoms with Crippen molar-refractivity contribution in [2.24, 2.45) is 0 Å². The molecule has 1 fully saturated rings. The molecule has 1 saturated heterocycles. The SMILES string of the molecule is Cc1cc(NC(=O)CN2CCN(Cc3ccc(Cl)s3)CC2)no1. The highest BCUT2D eigenvalue weighted by Crippen LogP contribution is 2.23. The highest BCUT2D eigenvalue weighted by molar-refractivity contribution is 7.16. The van der Waals surface area contributed by atoms with Crippen LogP contribution in [-0.4, -0.2) is 53.6 Å². The molecule has 2 aromatic heterocycles. The summed E-state index contributed by atoms with van der Waals surface area (Å²) in [5, 5.41) is 6.52. The number of rotatable bonds is 5. The van der Waals surface area contributed by atoms with Crippen LogP contribution in [0.2, 0.25) is 4.34 Å². The Morgan fingerprint density at radius 2 is 2.09 bits per heavy atom. The molecule has 1 aliphatic rings. The number of thiophene rings is 1. The third kappa shape index (κ3) is 4.78. The highest BCUT2D eigenvalue weighted by Gasteiger charge is 2.19. The van der Waals surface area contributed by atoms with Crippen LogP contribution >= 0.6 is 22.9 Å². The highest BCUT2D eigenvalue weighted by atomic mass is 35.5. The molecule has 0 saturated carbocycles. The van der Waals surface area contributed by atoms with E-state index in [4.69, 9.17) is 16.1 Å². The van der Waals surface area contributed by atoms with Gasteiger partial charge in [-0.25, -0.2) is 0 Å². The lowest BCUT2D eigenvalue weighted by atomic mass is 10.3. The van der Waals surface area contributed by atoms with Crippen LogP contribution in [0.15, 0.2) is 22.7 Å². The smallest absolute Gasteiger partial charge is 0.239 e. The van der Waals surface area contributed by atoms with Crippen LogP contribution < -0.4 is 5.32 Å². The van der Waals surface area contributed by atoms with Gasteiger partial charge in [0.1, 0.15) is 5.76 Å². The molecule has 0 radical (unpaired) electrons. The molecule has 0 unspecified atom stereocenters. The minimum atomic E-state index is -0.0585. The van der Waals surface area contributed by atoms with Crippen LogP contribution in [0, 0.1) is 6.92 Å². The Balaban J connectivity index is 1.41. The summed E-state index contributed by atoms with van der Waals surface area (Å²) in [4.78, 5) is 17.8. The van der Waals surface area contributed by atoms with Crippen molar-refractivity contribution in [3.8, 4) is 0 Å². The lowest BCUT2D eigenvalue weighted by molar-refractivity contribution is -0.117. The molecule has 3 rings (SSSR count).